The SMILES string of the molecule is CCCC(CCC(=O)OCc1ccccc1)OCc1ccccc1. The lowest BCUT2D eigenvalue weighted by atomic mass is 10.1. The summed E-state index contributed by atoms with van der Waals surface area (Å²) in [6.07, 6.45) is 3.19. The molecule has 0 aliphatic heterocycles. The molecule has 0 radical (unpaired) electrons. The van der Waals surface area contributed by atoms with Gasteiger partial charge in [-0.05, 0) is 24.0 Å². The number of hydrogen-bond acceptors (Lipinski definition) is 3. The largest absolute Gasteiger partial charge is 0.461 e. The number of carbonyl (C=O) groups is 1. The Morgan fingerprint density at radius 2 is 1.46 bits per heavy atom. The smallest absolute Gasteiger partial charge is 0.306 e. The summed E-state index contributed by atoms with van der Waals surface area (Å²) in [5.41, 5.74) is 2.17. The monoisotopic (exact) mass is 326 g/mol. The molecule has 0 aromatic heterocycles. The second kappa shape index (κ2) is 10.6. The first kappa shape index (κ1) is 18.2. The number of esters is 1. The number of carbonyl (C=O) groups excluding carboxylic acids is 1. The van der Waals surface area contributed by atoms with E-state index in [2.05, 4.69) is 19.1 Å². The van der Waals surface area contributed by atoms with Gasteiger partial charge in [-0.3, -0.25) is 4.79 Å². The molecule has 2 aromatic rings. The summed E-state index contributed by atoms with van der Waals surface area (Å²) in [5.74, 6) is -0.164. The van der Waals surface area contributed by atoms with E-state index in [9.17, 15) is 4.79 Å². The minimum absolute atomic E-state index is 0.0967. The first-order valence-electron chi connectivity index (χ1n) is 8.63. The van der Waals surface area contributed by atoms with Crippen molar-refractivity contribution >= 4 is 5.97 Å². The van der Waals surface area contributed by atoms with Gasteiger partial charge in [-0.15, -0.1) is 0 Å². The van der Waals surface area contributed by atoms with Crippen LogP contribution < -0.4 is 0 Å². The van der Waals surface area contributed by atoms with Crippen molar-refractivity contribution in [2.24, 2.45) is 0 Å². The van der Waals surface area contributed by atoms with Gasteiger partial charge in [0.15, 0.2) is 0 Å². The van der Waals surface area contributed by atoms with Crippen LogP contribution in [0, 0.1) is 0 Å². The number of rotatable bonds is 10. The molecule has 1 atom stereocenters. The van der Waals surface area contributed by atoms with E-state index in [4.69, 9.17) is 9.47 Å². The Bertz CT molecular complexity index is 581. The van der Waals surface area contributed by atoms with Crippen LogP contribution in [0.25, 0.3) is 0 Å². The van der Waals surface area contributed by atoms with E-state index in [0.717, 1.165) is 24.0 Å². The second-order valence-electron chi connectivity index (χ2n) is 5.89. The maximum absolute atomic E-state index is 11.9. The predicted octanol–water partition coefficient (Wildman–Crippen LogP) is 4.90. The molecule has 0 aliphatic carbocycles. The van der Waals surface area contributed by atoms with Crippen molar-refractivity contribution in [1.82, 2.24) is 0 Å². The van der Waals surface area contributed by atoms with Crippen LogP contribution in [0.15, 0.2) is 60.7 Å². The third-order valence-corrected chi connectivity index (χ3v) is 3.85. The fourth-order valence-corrected chi connectivity index (χ4v) is 2.51. The van der Waals surface area contributed by atoms with Crippen LogP contribution in [0.1, 0.15) is 43.7 Å². The van der Waals surface area contributed by atoms with Gasteiger partial charge in [-0.25, -0.2) is 0 Å². The van der Waals surface area contributed by atoms with Gasteiger partial charge in [0, 0.05) is 6.42 Å². The number of ether oxygens (including phenoxy) is 2. The molecule has 0 saturated carbocycles. The number of benzene rings is 2. The Hall–Kier alpha value is -2.13. The van der Waals surface area contributed by atoms with Crippen LogP contribution in [0.2, 0.25) is 0 Å². The standard InChI is InChI=1S/C21H26O3/c1-2-9-20(23-16-18-10-5-3-6-11-18)14-15-21(22)24-17-19-12-7-4-8-13-19/h3-8,10-13,20H,2,9,14-17H2,1H3. The van der Waals surface area contributed by atoms with Crippen molar-refractivity contribution in [2.45, 2.75) is 51.9 Å². The van der Waals surface area contributed by atoms with Crippen molar-refractivity contribution in [2.75, 3.05) is 0 Å². The third-order valence-electron chi connectivity index (χ3n) is 3.85. The molecule has 3 heteroatoms. The Balaban J connectivity index is 1.70. The summed E-state index contributed by atoms with van der Waals surface area (Å²) >= 11 is 0. The van der Waals surface area contributed by atoms with Gasteiger partial charge >= 0.3 is 5.97 Å². The van der Waals surface area contributed by atoms with Crippen molar-refractivity contribution in [3.63, 3.8) is 0 Å². The van der Waals surface area contributed by atoms with E-state index in [0.29, 0.717) is 26.1 Å². The maximum Gasteiger partial charge on any atom is 0.306 e. The van der Waals surface area contributed by atoms with E-state index in [1.54, 1.807) is 0 Å². The van der Waals surface area contributed by atoms with E-state index >= 15 is 0 Å². The molecule has 0 aliphatic rings. The zero-order valence-electron chi connectivity index (χ0n) is 14.3. The summed E-state index contributed by atoms with van der Waals surface area (Å²) in [5, 5.41) is 0. The zero-order chi connectivity index (χ0) is 17.0. The first-order valence-corrected chi connectivity index (χ1v) is 8.63. The van der Waals surface area contributed by atoms with E-state index in [-0.39, 0.29) is 12.1 Å². The molecule has 2 aromatic carbocycles. The molecule has 2 rings (SSSR count). The molecule has 0 saturated heterocycles. The minimum atomic E-state index is -0.164. The first-order chi connectivity index (χ1) is 11.8. The highest BCUT2D eigenvalue weighted by Crippen LogP contribution is 2.14. The minimum Gasteiger partial charge on any atom is -0.461 e. The van der Waals surface area contributed by atoms with Crippen LogP contribution in [0.4, 0.5) is 0 Å². The lowest BCUT2D eigenvalue weighted by molar-refractivity contribution is -0.145. The highest BCUT2D eigenvalue weighted by atomic mass is 16.5. The van der Waals surface area contributed by atoms with Gasteiger partial charge in [-0.2, -0.15) is 0 Å². The van der Waals surface area contributed by atoms with Gasteiger partial charge in [0.25, 0.3) is 0 Å². The van der Waals surface area contributed by atoms with E-state index < -0.39 is 0 Å². The topological polar surface area (TPSA) is 35.5 Å². The van der Waals surface area contributed by atoms with Gasteiger partial charge in [0.05, 0.1) is 12.7 Å². The molecule has 0 fully saturated rings. The normalized spacial score (nSPS) is 11.9. The highest BCUT2D eigenvalue weighted by molar-refractivity contribution is 5.69. The lowest BCUT2D eigenvalue weighted by Crippen LogP contribution is -2.16. The average molecular weight is 326 g/mol. The summed E-state index contributed by atoms with van der Waals surface area (Å²) in [4.78, 5) is 11.9. The Labute approximate surface area is 144 Å². The van der Waals surface area contributed by atoms with Gasteiger partial charge in [-0.1, -0.05) is 74.0 Å². The van der Waals surface area contributed by atoms with Crippen molar-refractivity contribution in [1.29, 1.82) is 0 Å². The lowest BCUT2D eigenvalue weighted by Gasteiger charge is -2.17. The van der Waals surface area contributed by atoms with Gasteiger partial charge in [0.1, 0.15) is 6.61 Å². The van der Waals surface area contributed by atoms with Crippen molar-refractivity contribution in [3.8, 4) is 0 Å². The molecule has 24 heavy (non-hydrogen) atoms. The van der Waals surface area contributed by atoms with E-state index in [1.165, 1.54) is 0 Å². The molecular formula is C21H26O3. The average Bonchev–Trinajstić information content (AvgIpc) is 2.64. The molecule has 0 amide bonds. The van der Waals surface area contributed by atoms with Crippen LogP contribution >= 0.6 is 0 Å². The quantitative estimate of drug-likeness (QED) is 0.583. The fraction of sp³-hybridized carbons (Fsp3) is 0.381. The summed E-state index contributed by atoms with van der Waals surface area (Å²) in [6, 6.07) is 19.9. The third kappa shape index (κ3) is 6.97. The Kier molecular flexibility index (Phi) is 8.05. The van der Waals surface area contributed by atoms with Gasteiger partial charge < -0.3 is 9.47 Å². The molecule has 0 spiro atoms. The second-order valence-corrected chi connectivity index (χ2v) is 5.89. The molecular weight excluding hydrogens is 300 g/mol. The molecule has 0 heterocycles. The summed E-state index contributed by atoms with van der Waals surface area (Å²) < 4.78 is 11.3. The van der Waals surface area contributed by atoms with E-state index in [1.807, 2.05) is 48.5 Å². The Morgan fingerprint density at radius 3 is 2.04 bits per heavy atom. The van der Waals surface area contributed by atoms with Crippen LogP contribution in [0.3, 0.4) is 0 Å². The van der Waals surface area contributed by atoms with Crippen LogP contribution in [-0.4, -0.2) is 12.1 Å². The van der Waals surface area contributed by atoms with Crippen molar-refractivity contribution in [3.05, 3.63) is 71.8 Å². The zero-order valence-corrected chi connectivity index (χ0v) is 14.3. The molecule has 1 unspecified atom stereocenters. The van der Waals surface area contributed by atoms with Crippen LogP contribution in [-0.2, 0) is 27.5 Å². The fourth-order valence-electron chi connectivity index (χ4n) is 2.51. The molecule has 3 nitrogen and oxygen atoms in total. The summed E-state index contributed by atoms with van der Waals surface area (Å²) in [6.45, 7) is 3.06. The highest BCUT2D eigenvalue weighted by Gasteiger charge is 2.12. The summed E-state index contributed by atoms with van der Waals surface area (Å²) in [7, 11) is 0. The Morgan fingerprint density at radius 1 is 0.875 bits per heavy atom. The predicted molar refractivity (Wildman–Crippen MR) is 95.4 cm³/mol. The molecule has 128 valence electrons. The molecule has 0 N–H and O–H groups in total. The maximum atomic E-state index is 11.9. The number of hydrogen-bond donors (Lipinski definition) is 0. The van der Waals surface area contributed by atoms with Gasteiger partial charge in [0.2, 0.25) is 0 Å². The molecule has 0 bridgehead atoms. The van der Waals surface area contributed by atoms with Crippen LogP contribution in [0.5, 0.6) is 0 Å². The van der Waals surface area contributed by atoms with Crippen molar-refractivity contribution < 1.29 is 14.3 Å².